The van der Waals surface area contributed by atoms with Crippen LogP contribution in [0.4, 0.5) is 5.82 Å². The van der Waals surface area contributed by atoms with Crippen LogP contribution in [0.2, 0.25) is 0 Å². The van der Waals surface area contributed by atoms with E-state index in [2.05, 4.69) is 46.0 Å². The van der Waals surface area contributed by atoms with Crippen LogP contribution >= 0.6 is 0 Å². The molecule has 0 fully saturated rings. The molecule has 2 aromatic rings. The van der Waals surface area contributed by atoms with E-state index in [1.807, 2.05) is 0 Å². The van der Waals surface area contributed by atoms with E-state index >= 15 is 0 Å². The minimum atomic E-state index is 0.317. The molecule has 0 saturated carbocycles. The Morgan fingerprint density at radius 1 is 1.16 bits per heavy atom. The standard InChI is InChI=1S/C14H19N5/c1-4-5-17-14-12(10(2)3)13(18-9-19-14)11-8-15-6-7-16-11/h6-10H,4-5H2,1-3H3,(H,17,18,19). The van der Waals surface area contributed by atoms with E-state index in [9.17, 15) is 0 Å². The van der Waals surface area contributed by atoms with Crippen LogP contribution in [0, 0.1) is 0 Å². The Hall–Kier alpha value is -2.04. The lowest BCUT2D eigenvalue weighted by molar-refractivity contribution is 0.842. The van der Waals surface area contributed by atoms with Gasteiger partial charge >= 0.3 is 0 Å². The van der Waals surface area contributed by atoms with Crippen molar-refractivity contribution in [3.63, 3.8) is 0 Å². The SMILES string of the molecule is CCCNc1ncnc(-c2cnccn2)c1C(C)C. The van der Waals surface area contributed by atoms with Crippen molar-refractivity contribution in [1.29, 1.82) is 0 Å². The van der Waals surface area contributed by atoms with Crippen molar-refractivity contribution >= 4 is 5.82 Å². The first-order valence-electron chi connectivity index (χ1n) is 6.59. The molecule has 0 atom stereocenters. The molecule has 100 valence electrons. The van der Waals surface area contributed by atoms with Crippen molar-refractivity contribution in [3.05, 3.63) is 30.5 Å². The van der Waals surface area contributed by atoms with Crippen LogP contribution in [0.3, 0.4) is 0 Å². The lowest BCUT2D eigenvalue weighted by Gasteiger charge is -2.16. The molecule has 0 aliphatic heterocycles. The maximum atomic E-state index is 4.39. The molecule has 0 amide bonds. The maximum absolute atomic E-state index is 4.39. The van der Waals surface area contributed by atoms with Gasteiger partial charge in [-0.3, -0.25) is 9.97 Å². The molecule has 5 heteroatoms. The highest BCUT2D eigenvalue weighted by Gasteiger charge is 2.16. The van der Waals surface area contributed by atoms with Crippen molar-refractivity contribution in [2.24, 2.45) is 0 Å². The predicted octanol–water partition coefficient (Wildman–Crippen LogP) is 2.88. The van der Waals surface area contributed by atoms with E-state index in [4.69, 9.17) is 0 Å². The lowest BCUT2D eigenvalue weighted by Crippen LogP contribution is -2.09. The van der Waals surface area contributed by atoms with Crippen molar-refractivity contribution in [3.8, 4) is 11.4 Å². The van der Waals surface area contributed by atoms with Gasteiger partial charge in [-0.2, -0.15) is 0 Å². The number of hydrogen-bond acceptors (Lipinski definition) is 5. The first-order chi connectivity index (χ1) is 9.24. The van der Waals surface area contributed by atoms with Crippen LogP contribution in [0.25, 0.3) is 11.4 Å². The normalized spacial score (nSPS) is 10.7. The minimum Gasteiger partial charge on any atom is -0.370 e. The highest BCUT2D eigenvalue weighted by molar-refractivity contribution is 5.65. The first kappa shape index (κ1) is 13.4. The smallest absolute Gasteiger partial charge is 0.133 e. The van der Waals surface area contributed by atoms with Gasteiger partial charge < -0.3 is 5.32 Å². The molecule has 0 spiro atoms. The quantitative estimate of drug-likeness (QED) is 0.892. The van der Waals surface area contributed by atoms with Crippen molar-refractivity contribution < 1.29 is 0 Å². The molecule has 0 aliphatic carbocycles. The lowest BCUT2D eigenvalue weighted by atomic mass is 10.00. The Morgan fingerprint density at radius 2 is 2.00 bits per heavy atom. The molecule has 2 rings (SSSR count). The number of hydrogen-bond donors (Lipinski definition) is 1. The zero-order valence-electron chi connectivity index (χ0n) is 11.6. The van der Waals surface area contributed by atoms with Gasteiger partial charge in [-0.05, 0) is 12.3 Å². The van der Waals surface area contributed by atoms with Crippen molar-refractivity contribution in [2.45, 2.75) is 33.1 Å². The molecule has 0 radical (unpaired) electrons. The predicted molar refractivity (Wildman–Crippen MR) is 75.9 cm³/mol. The monoisotopic (exact) mass is 257 g/mol. The second-order valence-corrected chi connectivity index (χ2v) is 4.66. The third-order valence-electron chi connectivity index (χ3n) is 2.81. The van der Waals surface area contributed by atoms with Crippen LogP contribution in [0.1, 0.15) is 38.7 Å². The molecule has 2 heterocycles. The third-order valence-corrected chi connectivity index (χ3v) is 2.81. The summed E-state index contributed by atoms with van der Waals surface area (Å²) in [6.45, 7) is 7.30. The molecular weight excluding hydrogens is 238 g/mol. The first-order valence-corrected chi connectivity index (χ1v) is 6.59. The second kappa shape index (κ2) is 6.22. The molecule has 0 saturated heterocycles. The fourth-order valence-electron chi connectivity index (χ4n) is 1.95. The molecule has 19 heavy (non-hydrogen) atoms. The van der Waals surface area contributed by atoms with Gasteiger partial charge in [-0.1, -0.05) is 20.8 Å². The molecule has 0 aliphatic rings. The summed E-state index contributed by atoms with van der Waals surface area (Å²) < 4.78 is 0. The van der Waals surface area contributed by atoms with Gasteiger partial charge in [0.1, 0.15) is 17.8 Å². The summed E-state index contributed by atoms with van der Waals surface area (Å²) in [5, 5.41) is 3.36. The Balaban J connectivity index is 2.49. The topological polar surface area (TPSA) is 63.6 Å². The van der Waals surface area contributed by atoms with E-state index in [0.717, 1.165) is 35.7 Å². The summed E-state index contributed by atoms with van der Waals surface area (Å²) in [6, 6.07) is 0. The second-order valence-electron chi connectivity index (χ2n) is 4.66. The molecule has 2 aromatic heterocycles. The molecule has 0 unspecified atom stereocenters. The fraction of sp³-hybridized carbons (Fsp3) is 0.429. The largest absolute Gasteiger partial charge is 0.370 e. The molecule has 5 nitrogen and oxygen atoms in total. The van der Waals surface area contributed by atoms with Gasteiger partial charge in [0.05, 0.1) is 11.9 Å². The Bertz CT molecular complexity index is 525. The van der Waals surface area contributed by atoms with Gasteiger partial charge in [0.2, 0.25) is 0 Å². The molecular formula is C14H19N5. The summed E-state index contributed by atoms with van der Waals surface area (Å²) in [6.07, 6.45) is 7.71. The summed E-state index contributed by atoms with van der Waals surface area (Å²) in [5.74, 6) is 1.21. The number of aromatic nitrogens is 4. The third kappa shape index (κ3) is 3.05. The highest BCUT2D eigenvalue weighted by Crippen LogP contribution is 2.30. The highest BCUT2D eigenvalue weighted by atomic mass is 15.0. The van der Waals surface area contributed by atoms with E-state index in [0.29, 0.717) is 5.92 Å². The maximum Gasteiger partial charge on any atom is 0.133 e. The van der Waals surface area contributed by atoms with E-state index in [-0.39, 0.29) is 0 Å². The van der Waals surface area contributed by atoms with Crippen molar-refractivity contribution in [1.82, 2.24) is 19.9 Å². The van der Waals surface area contributed by atoms with Gasteiger partial charge in [0, 0.05) is 24.5 Å². The summed E-state index contributed by atoms with van der Waals surface area (Å²) in [5.41, 5.74) is 2.74. The minimum absolute atomic E-state index is 0.317. The zero-order chi connectivity index (χ0) is 13.7. The van der Waals surface area contributed by atoms with E-state index < -0.39 is 0 Å². The van der Waals surface area contributed by atoms with Crippen LogP contribution in [-0.4, -0.2) is 26.5 Å². The van der Waals surface area contributed by atoms with E-state index in [1.54, 1.807) is 24.9 Å². The average Bonchev–Trinajstić information content (AvgIpc) is 2.45. The Labute approximate surface area is 113 Å². The van der Waals surface area contributed by atoms with Crippen LogP contribution < -0.4 is 5.32 Å². The van der Waals surface area contributed by atoms with Crippen LogP contribution in [0.5, 0.6) is 0 Å². The summed E-state index contributed by atoms with van der Waals surface area (Å²) >= 11 is 0. The van der Waals surface area contributed by atoms with E-state index in [1.165, 1.54) is 0 Å². The van der Waals surface area contributed by atoms with Gasteiger partial charge in [0.15, 0.2) is 0 Å². The Kier molecular flexibility index (Phi) is 4.39. The zero-order valence-corrected chi connectivity index (χ0v) is 11.6. The Morgan fingerprint density at radius 3 is 2.63 bits per heavy atom. The summed E-state index contributed by atoms with van der Waals surface area (Å²) in [7, 11) is 0. The molecule has 1 N–H and O–H groups in total. The fourth-order valence-corrected chi connectivity index (χ4v) is 1.95. The number of anilines is 1. The van der Waals surface area contributed by atoms with Crippen LogP contribution in [0.15, 0.2) is 24.9 Å². The number of nitrogens with one attached hydrogen (secondary N) is 1. The van der Waals surface area contributed by atoms with Crippen LogP contribution in [-0.2, 0) is 0 Å². The van der Waals surface area contributed by atoms with Gasteiger partial charge in [-0.25, -0.2) is 9.97 Å². The number of rotatable bonds is 5. The number of nitrogens with zero attached hydrogens (tertiary/aromatic N) is 4. The molecule has 0 bridgehead atoms. The van der Waals surface area contributed by atoms with Gasteiger partial charge in [-0.15, -0.1) is 0 Å². The summed E-state index contributed by atoms with van der Waals surface area (Å²) in [4.78, 5) is 17.2. The van der Waals surface area contributed by atoms with Gasteiger partial charge in [0.25, 0.3) is 0 Å². The molecule has 0 aromatic carbocycles. The van der Waals surface area contributed by atoms with Crippen molar-refractivity contribution in [2.75, 3.05) is 11.9 Å². The average molecular weight is 257 g/mol.